The Bertz CT molecular complexity index is 869. The molecule has 2 aromatic heterocycles. The topological polar surface area (TPSA) is 59.4 Å². The summed E-state index contributed by atoms with van der Waals surface area (Å²) in [6.45, 7) is 15.6. The SMILES string of the molecule is C=C(/C=C\O)c1c(C(=O)OC(C)(C)C)sc2nc(C)c(CC)c(C)c12. The number of nitrogens with zero attached hydrogens (tertiary/aromatic N) is 1. The minimum atomic E-state index is -0.592. The van der Waals surface area contributed by atoms with E-state index in [4.69, 9.17) is 14.8 Å². The zero-order valence-electron chi connectivity index (χ0n) is 15.7. The summed E-state index contributed by atoms with van der Waals surface area (Å²) in [7, 11) is 0. The second kappa shape index (κ2) is 7.00. The summed E-state index contributed by atoms with van der Waals surface area (Å²) in [5, 5.41) is 10.1. The number of aliphatic hydroxyl groups is 1. The summed E-state index contributed by atoms with van der Waals surface area (Å²) < 4.78 is 5.56. The van der Waals surface area contributed by atoms with Crippen molar-refractivity contribution in [2.24, 2.45) is 0 Å². The molecule has 0 saturated carbocycles. The zero-order chi connectivity index (χ0) is 18.9. The second-order valence-electron chi connectivity index (χ2n) is 6.98. The third kappa shape index (κ3) is 3.76. The Hall–Kier alpha value is -2.14. The van der Waals surface area contributed by atoms with Crippen LogP contribution in [0.4, 0.5) is 0 Å². The summed E-state index contributed by atoms with van der Waals surface area (Å²) in [5.74, 6) is -0.395. The second-order valence-corrected chi connectivity index (χ2v) is 7.98. The van der Waals surface area contributed by atoms with Gasteiger partial charge in [-0.2, -0.15) is 0 Å². The number of aliphatic hydroxyl groups excluding tert-OH is 1. The van der Waals surface area contributed by atoms with Crippen molar-refractivity contribution in [2.45, 2.75) is 53.6 Å². The lowest BCUT2D eigenvalue weighted by atomic mass is 9.96. The fourth-order valence-corrected chi connectivity index (χ4v) is 4.15. The number of rotatable bonds is 4. The molecule has 0 aliphatic rings. The van der Waals surface area contributed by atoms with Gasteiger partial charge in [-0.15, -0.1) is 11.3 Å². The van der Waals surface area contributed by atoms with E-state index in [0.717, 1.165) is 34.2 Å². The van der Waals surface area contributed by atoms with Gasteiger partial charge in [0.1, 0.15) is 15.3 Å². The highest BCUT2D eigenvalue weighted by Crippen LogP contribution is 2.39. The molecule has 2 aromatic rings. The van der Waals surface area contributed by atoms with Crippen LogP contribution in [0.1, 0.15) is 59.8 Å². The van der Waals surface area contributed by atoms with Crippen LogP contribution in [0.25, 0.3) is 15.8 Å². The molecule has 5 heteroatoms. The number of thiophene rings is 1. The molecule has 0 atom stereocenters. The van der Waals surface area contributed by atoms with Gasteiger partial charge in [0.15, 0.2) is 0 Å². The summed E-state index contributed by atoms with van der Waals surface area (Å²) in [6.07, 6.45) is 3.28. The predicted octanol–water partition coefficient (Wildman–Crippen LogP) is 5.52. The molecule has 0 aromatic carbocycles. The van der Waals surface area contributed by atoms with Crippen LogP contribution in [0.2, 0.25) is 0 Å². The fraction of sp³-hybridized carbons (Fsp3) is 0.400. The van der Waals surface area contributed by atoms with Gasteiger partial charge in [-0.3, -0.25) is 0 Å². The summed E-state index contributed by atoms with van der Waals surface area (Å²) in [6, 6.07) is 0. The predicted molar refractivity (Wildman–Crippen MR) is 104 cm³/mol. The summed E-state index contributed by atoms with van der Waals surface area (Å²) >= 11 is 1.31. The van der Waals surface area contributed by atoms with Crippen molar-refractivity contribution in [2.75, 3.05) is 0 Å². The molecule has 25 heavy (non-hydrogen) atoms. The maximum atomic E-state index is 12.7. The van der Waals surface area contributed by atoms with E-state index in [9.17, 15) is 4.79 Å². The average molecular weight is 359 g/mol. The number of carbonyl (C=O) groups is 1. The third-order valence-corrected chi connectivity index (χ3v) is 5.02. The Morgan fingerprint density at radius 1 is 1.36 bits per heavy atom. The minimum absolute atomic E-state index is 0.395. The Labute approximate surface area is 152 Å². The van der Waals surface area contributed by atoms with Crippen LogP contribution in [0.5, 0.6) is 0 Å². The van der Waals surface area contributed by atoms with E-state index in [1.165, 1.54) is 23.0 Å². The molecule has 134 valence electrons. The van der Waals surface area contributed by atoms with Gasteiger partial charge < -0.3 is 9.84 Å². The van der Waals surface area contributed by atoms with E-state index in [1.807, 2.05) is 34.6 Å². The smallest absolute Gasteiger partial charge is 0.349 e. The quantitative estimate of drug-likeness (QED) is 0.444. The van der Waals surface area contributed by atoms with E-state index >= 15 is 0 Å². The van der Waals surface area contributed by atoms with Crippen LogP contribution in [0.3, 0.4) is 0 Å². The number of ether oxygens (including phenoxy) is 1. The van der Waals surface area contributed by atoms with Crippen molar-refractivity contribution in [3.05, 3.63) is 46.2 Å². The third-order valence-electron chi connectivity index (χ3n) is 3.96. The number of hydrogen-bond acceptors (Lipinski definition) is 5. The highest BCUT2D eigenvalue weighted by Gasteiger charge is 2.27. The molecule has 0 saturated heterocycles. The number of allylic oxidation sites excluding steroid dienone is 2. The van der Waals surface area contributed by atoms with E-state index in [1.54, 1.807) is 0 Å². The maximum Gasteiger partial charge on any atom is 0.349 e. The van der Waals surface area contributed by atoms with Crippen LogP contribution in [-0.4, -0.2) is 21.7 Å². The lowest BCUT2D eigenvalue weighted by Gasteiger charge is -2.19. The number of pyridine rings is 1. The first-order chi connectivity index (χ1) is 11.6. The van der Waals surface area contributed by atoms with Crippen molar-refractivity contribution >= 4 is 33.1 Å². The van der Waals surface area contributed by atoms with Crippen molar-refractivity contribution < 1.29 is 14.6 Å². The lowest BCUT2D eigenvalue weighted by Crippen LogP contribution is -2.23. The Balaban J connectivity index is 2.82. The van der Waals surface area contributed by atoms with Gasteiger partial charge in [0.2, 0.25) is 0 Å². The van der Waals surface area contributed by atoms with E-state index in [0.29, 0.717) is 16.0 Å². The monoisotopic (exact) mass is 359 g/mol. The van der Waals surface area contributed by atoms with Crippen LogP contribution >= 0.6 is 11.3 Å². The Morgan fingerprint density at radius 3 is 2.52 bits per heavy atom. The number of carbonyl (C=O) groups excluding carboxylic acids is 1. The van der Waals surface area contributed by atoms with E-state index < -0.39 is 11.6 Å². The first-order valence-electron chi connectivity index (χ1n) is 8.26. The number of esters is 1. The Kier molecular flexibility index (Phi) is 5.37. The molecule has 1 N–H and O–H groups in total. The normalized spacial score (nSPS) is 12.1. The molecule has 0 bridgehead atoms. The van der Waals surface area contributed by atoms with Crippen molar-refractivity contribution in [3.8, 4) is 0 Å². The van der Waals surface area contributed by atoms with Gasteiger partial charge >= 0.3 is 5.97 Å². The van der Waals surface area contributed by atoms with Gasteiger partial charge in [-0.05, 0) is 63.8 Å². The molecule has 0 aliphatic heterocycles. The van der Waals surface area contributed by atoms with E-state index in [2.05, 4.69) is 13.5 Å². The lowest BCUT2D eigenvalue weighted by molar-refractivity contribution is 0.00750. The molecule has 0 aliphatic carbocycles. The number of aromatic nitrogens is 1. The molecular weight excluding hydrogens is 334 g/mol. The van der Waals surface area contributed by atoms with E-state index in [-0.39, 0.29) is 0 Å². The molecule has 4 nitrogen and oxygen atoms in total. The average Bonchev–Trinajstić information content (AvgIpc) is 2.85. The Morgan fingerprint density at radius 2 is 2.00 bits per heavy atom. The van der Waals surface area contributed by atoms with Gasteiger partial charge in [-0.1, -0.05) is 13.5 Å². The van der Waals surface area contributed by atoms with Gasteiger partial charge in [0.25, 0.3) is 0 Å². The van der Waals surface area contributed by atoms with Gasteiger partial charge in [0, 0.05) is 16.6 Å². The van der Waals surface area contributed by atoms with Crippen molar-refractivity contribution in [1.82, 2.24) is 4.98 Å². The standard InChI is InChI=1S/C20H25NO3S/c1-8-14-12(3)16-15(11(2)9-10-22)17(19(23)24-20(5,6)7)25-18(16)21-13(14)4/h9-10,22H,2,8H2,1,3-7H3/b10-9-. The van der Waals surface area contributed by atoms with Crippen LogP contribution < -0.4 is 0 Å². The fourth-order valence-electron chi connectivity index (χ4n) is 2.96. The molecule has 0 unspecified atom stereocenters. The minimum Gasteiger partial charge on any atom is -0.516 e. The number of hydrogen-bond donors (Lipinski definition) is 1. The zero-order valence-corrected chi connectivity index (χ0v) is 16.5. The van der Waals surface area contributed by atoms with Crippen LogP contribution in [-0.2, 0) is 11.2 Å². The highest BCUT2D eigenvalue weighted by molar-refractivity contribution is 7.20. The largest absolute Gasteiger partial charge is 0.516 e. The highest BCUT2D eigenvalue weighted by atomic mass is 32.1. The first kappa shape index (κ1) is 19.2. The molecular formula is C20H25NO3S. The number of aryl methyl sites for hydroxylation is 2. The van der Waals surface area contributed by atoms with Crippen LogP contribution in [0.15, 0.2) is 18.9 Å². The molecule has 2 heterocycles. The first-order valence-corrected chi connectivity index (χ1v) is 9.08. The van der Waals surface area contributed by atoms with Gasteiger partial charge in [-0.25, -0.2) is 9.78 Å². The van der Waals surface area contributed by atoms with Crippen molar-refractivity contribution in [3.63, 3.8) is 0 Å². The number of fused-ring (bicyclic) bond motifs is 1. The summed E-state index contributed by atoms with van der Waals surface area (Å²) in [4.78, 5) is 18.7. The molecule has 0 radical (unpaired) electrons. The van der Waals surface area contributed by atoms with Gasteiger partial charge in [0.05, 0.1) is 6.26 Å². The molecule has 0 spiro atoms. The molecule has 2 rings (SSSR count). The van der Waals surface area contributed by atoms with Crippen LogP contribution in [0, 0.1) is 13.8 Å². The molecule has 0 fully saturated rings. The molecule has 0 amide bonds. The maximum absolute atomic E-state index is 12.7. The summed E-state index contributed by atoms with van der Waals surface area (Å²) in [5.41, 5.74) is 3.90. The van der Waals surface area contributed by atoms with Crippen molar-refractivity contribution in [1.29, 1.82) is 0 Å².